The van der Waals surface area contributed by atoms with Crippen LogP contribution in [0.3, 0.4) is 0 Å². The molecule has 2 aliphatic carbocycles. The summed E-state index contributed by atoms with van der Waals surface area (Å²) in [6.45, 7) is 7.28. The fraction of sp³-hybridized carbons (Fsp3) is 1.00. The van der Waals surface area contributed by atoms with E-state index in [1.165, 1.54) is 25.7 Å². The standard InChI is InChI=1S/C13H24/c1-9(2)11-6-7-13-10(3)4-5-12(13)8-11/h9-13H,4-8H2,1-3H3. The smallest absolute Gasteiger partial charge is 0.0360 e. The Labute approximate surface area is 83.1 Å². The molecule has 0 heteroatoms. The topological polar surface area (TPSA) is 0 Å². The van der Waals surface area contributed by atoms with Gasteiger partial charge in [0.2, 0.25) is 0 Å². The van der Waals surface area contributed by atoms with Crippen LogP contribution in [0.1, 0.15) is 52.9 Å². The molecule has 2 saturated carbocycles. The van der Waals surface area contributed by atoms with Crippen molar-refractivity contribution in [3.05, 3.63) is 0 Å². The minimum atomic E-state index is 0.928. The highest BCUT2D eigenvalue weighted by molar-refractivity contribution is 4.88. The van der Waals surface area contributed by atoms with Gasteiger partial charge in [0.15, 0.2) is 0 Å². The van der Waals surface area contributed by atoms with Crippen molar-refractivity contribution in [1.29, 1.82) is 0 Å². The van der Waals surface area contributed by atoms with Gasteiger partial charge >= 0.3 is 0 Å². The molecule has 2 aliphatic rings. The van der Waals surface area contributed by atoms with E-state index in [9.17, 15) is 0 Å². The van der Waals surface area contributed by atoms with Gasteiger partial charge in [-0.05, 0) is 55.3 Å². The first kappa shape index (κ1) is 9.55. The predicted octanol–water partition coefficient (Wildman–Crippen LogP) is 4.10. The molecule has 0 nitrogen and oxygen atoms in total. The summed E-state index contributed by atoms with van der Waals surface area (Å²) in [6, 6.07) is 0. The third-order valence-corrected chi connectivity index (χ3v) is 4.75. The molecule has 2 fully saturated rings. The van der Waals surface area contributed by atoms with Crippen molar-refractivity contribution in [2.45, 2.75) is 52.9 Å². The maximum Gasteiger partial charge on any atom is -0.0360 e. The van der Waals surface area contributed by atoms with Crippen molar-refractivity contribution >= 4 is 0 Å². The van der Waals surface area contributed by atoms with E-state index < -0.39 is 0 Å². The average Bonchev–Trinajstić information content (AvgIpc) is 2.47. The van der Waals surface area contributed by atoms with Crippen molar-refractivity contribution in [3.8, 4) is 0 Å². The highest BCUT2D eigenvalue weighted by Crippen LogP contribution is 2.48. The summed E-state index contributed by atoms with van der Waals surface area (Å²) < 4.78 is 0. The van der Waals surface area contributed by atoms with Gasteiger partial charge in [-0.25, -0.2) is 0 Å². The molecule has 0 aromatic rings. The molecule has 0 amide bonds. The lowest BCUT2D eigenvalue weighted by atomic mass is 9.70. The van der Waals surface area contributed by atoms with E-state index in [1.807, 2.05) is 0 Å². The van der Waals surface area contributed by atoms with Crippen LogP contribution >= 0.6 is 0 Å². The molecule has 0 heterocycles. The van der Waals surface area contributed by atoms with Crippen LogP contribution in [0.4, 0.5) is 0 Å². The predicted molar refractivity (Wildman–Crippen MR) is 57.6 cm³/mol. The van der Waals surface area contributed by atoms with Gasteiger partial charge in [0.25, 0.3) is 0 Å². The third-order valence-electron chi connectivity index (χ3n) is 4.75. The maximum atomic E-state index is 2.47. The Kier molecular flexibility index (Phi) is 2.67. The molecule has 2 rings (SSSR count). The molecule has 4 atom stereocenters. The molecule has 0 bridgehead atoms. The first-order valence-electron chi connectivity index (χ1n) is 6.18. The summed E-state index contributed by atoms with van der Waals surface area (Å²) >= 11 is 0. The monoisotopic (exact) mass is 180 g/mol. The summed E-state index contributed by atoms with van der Waals surface area (Å²) in [5.74, 6) is 5.23. The summed E-state index contributed by atoms with van der Waals surface area (Å²) in [4.78, 5) is 0. The number of hydrogen-bond donors (Lipinski definition) is 0. The van der Waals surface area contributed by atoms with E-state index in [2.05, 4.69) is 20.8 Å². The molecule has 0 radical (unpaired) electrons. The van der Waals surface area contributed by atoms with Crippen molar-refractivity contribution in [3.63, 3.8) is 0 Å². The molecule has 0 saturated heterocycles. The van der Waals surface area contributed by atoms with E-state index in [-0.39, 0.29) is 0 Å². The summed E-state index contributed by atoms with van der Waals surface area (Å²) in [5, 5.41) is 0. The van der Waals surface area contributed by atoms with Crippen LogP contribution in [-0.2, 0) is 0 Å². The Morgan fingerprint density at radius 1 is 1.00 bits per heavy atom. The van der Waals surface area contributed by atoms with E-state index in [0.717, 1.165) is 29.6 Å². The molecule has 0 aromatic heterocycles. The lowest BCUT2D eigenvalue weighted by molar-refractivity contribution is 0.151. The maximum absolute atomic E-state index is 2.47. The second kappa shape index (κ2) is 3.63. The van der Waals surface area contributed by atoms with Gasteiger partial charge < -0.3 is 0 Å². The van der Waals surface area contributed by atoms with Gasteiger partial charge in [-0.15, -0.1) is 0 Å². The van der Waals surface area contributed by atoms with E-state index in [1.54, 1.807) is 6.42 Å². The highest BCUT2D eigenvalue weighted by atomic mass is 14.4. The van der Waals surface area contributed by atoms with Crippen molar-refractivity contribution < 1.29 is 0 Å². The first-order chi connectivity index (χ1) is 6.18. The minimum Gasteiger partial charge on any atom is -0.0625 e. The van der Waals surface area contributed by atoms with Gasteiger partial charge in [0.1, 0.15) is 0 Å². The zero-order valence-corrected chi connectivity index (χ0v) is 9.42. The molecular weight excluding hydrogens is 156 g/mol. The summed E-state index contributed by atoms with van der Waals surface area (Å²) in [5.41, 5.74) is 0. The zero-order valence-electron chi connectivity index (χ0n) is 9.42. The summed E-state index contributed by atoms with van der Waals surface area (Å²) in [6.07, 6.45) is 7.65. The van der Waals surface area contributed by atoms with E-state index >= 15 is 0 Å². The molecule has 4 unspecified atom stereocenters. The molecular formula is C13H24. The second-order valence-electron chi connectivity index (χ2n) is 5.80. The van der Waals surface area contributed by atoms with Gasteiger partial charge in [0, 0.05) is 0 Å². The van der Waals surface area contributed by atoms with Gasteiger partial charge in [-0.3, -0.25) is 0 Å². The van der Waals surface area contributed by atoms with E-state index in [4.69, 9.17) is 0 Å². The Bertz CT molecular complexity index is 171. The number of hydrogen-bond acceptors (Lipinski definition) is 0. The Morgan fingerprint density at radius 2 is 1.77 bits per heavy atom. The highest BCUT2D eigenvalue weighted by Gasteiger charge is 2.38. The van der Waals surface area contributed by atoms with Crippen LogP contribution in [0.2, 0.25) is 0 Å². The summed E-state index contributed by atoms with van der Waals surface area (Å²) in [7, 11) is 0. The Morgan fingerprint density at radius 3 is 2.46 bits per heavy atom. The van der Waals surface area contributed by atoms with Gasteiger partial charge in [0.05, 0.1) is 0 Å². The van der Waals surface area contributed by atoms with Crippen molar-refractivity contribution in [2.24, 2.45) is 29.6 Å². The van der Waals surface area contributed by atoms with Crippen LogP contribution in [0.5, 0.6) is 0 Å². The average molecular weight is 180 g/mol. The van der Waals surface area contributed by atoms with Gasteiger partial charge in [-0.2, -0.15) is 0 Å². The van der Waals surface area contributed by atoms with Gasteiger partial charge in [-0.1, -0.05) is 27.2 Å². The minimum absolute atomic E-state index is 0.928. The molecule has 0 aliphatic heterocycles. The van der Waals surface area contributed by atoms with Crippen molar-refractivity contribution in [1.82, 2.24) is 0 Å². The quantitative estimate of drug-likeness (QED) is 0.570. The zero-order chi connectivity index (χ0) is 9.42. The van der Waals surface area contributed by atoms with Crippen LogP contribution < -0.4 is 0 Å². The van der Waals surface area contributed by atoms with Crippen LogP contribution in [0, 0.1) is 29.6 Å². The molecule has 0 N–H and O–H groups in total. The Hall–Kier alpha value is 0. The van der Waals surface area contributed by atoms with Crippen LogP contribution in [0.25, 0.3) is 0 Å². The van der Waals surface area contributed by atoms with Crippen LogP contribution in [0.15, 0.2) is 0 Å². The molecule has 13 heavy (non-hydrogen) atoms. The third kappa shape index (κ3) is 1.78. The SMILES string of the molecule is CC(C)C1CCC2C(C)CCC2C1. The Balaban J connectivity index is 1.95. The second-order valence-corrected chi connectivity index (χ2v) is 5.80. The number of fused-ring (bicyclic) bond motifs is 1. The lowest BCUT2D eigenvalue weighted by Gasteiger charge is -2.35. The lowest BCUT2D eigenvalue weighted by Crippen LogP contribution is -2.26. The molecule has 0 spiro atoms. The fourth-order valence-corrected chi connectivity index (χ4v) is 3.70. The molecule has 0 aromatic carbocycles. The molecule has 76 valence electrons. The fourth-order valence-electron chi connectivity index (χ4n) is 3.70. The van der Waals surface area contributed by atoms with E-state index in [0.29, 0.717) is 0 Å². The normalized spacial score (nSPS) is 45.2. The largest absolute Gasteiger partial charge is 0.0625 e. The number of rotatable bonds is 1. The van der Waals surface area contributed by atoms with Crippen molar-refractivity contribution in [2.75, 3.05) is 0 Å². The van der Waals surface area contributed by atoms with Crippen LogP contribution in [-0.4, -0.2) is 0 Å². The first-order valence-corrected chi connectivity index (χ1v) is 6.18.